The highest BCUT2D eigenvalue weighted by atomic mass is 16.6. The molecule has 0 aromatic heterocycles. The van der Waals surface area contributed by atoms with E-state index in [0.29, 0.717) is 5.56 Å². The second-order valence-electron chi connectivity index (χ2n) is 9.96. The summed E-state index contributed by atoms with van der Waals surface area (Å²) in [5.74, 6) is -4.97. The lowest BCUT2D eigenvalue weighted by Crippen LogP contribution is -2.56. The van der Waals surface area contributed by atoms with Gasteiger partial charge in [0.25, 0.3) is 0 Å². The smallest absolute Gasteiger partial charge is 0.317 e. The van der Waals surface area contributed by atoms with Gasteiger partial charge < -0.3 is 14.6 Å². The molecular weight excluding hydrogens is 372 g/mol. The minimum Gasteiger partial charge on any atom is -0.460 e. The van der Waals surface area contributed by atoms with Crippen LogP contribution in [-0.4, -0.2) is 39.6 Å². The minimum atomic E-state index is -1.65. The highest BCUT2D eigenvalue weighted by Crippen LogP contribution is 2.47. The van der Waals surface area contributed by atoms with Crippen LogP contribution in [0.4, 0.5) is 0 Å². The third-order valence-electron chi connectivity index (χ3n) is 4.77. The zero-order chi connectivity index (χ0) is 22.2. The summed E-state index contributed by atoms with van der Waals surface area (Å²) < 4.78 is 11.1. The van der Waals surface area contributed by atoms with E-state index in [1.807, 2.05) is 0 Å². The Kier molecular flexibility index (Phi) is 6.29. The van der Waals surface area contributed by atoms with Crippen LogP contribution in [0.2, 0.25) is 0 Å². The van der Waals surface area contributed by atoms with Gasteiger partial charge in [0.2, 0.25) is 0 Å². The van der Waals surface area contributed by atoms with Gasteiger partial charge in [-0.3, -0.25) is 14.4 Å². The van der Waals surface area contributed by atoms with Gasteiger partial charge in [-0.25, -0.2) is 0 Å². The van der Waals surface area contributed by atoms with Gasteiger partial charge in [-0.1, -0.05) is 30.3 Å². The Morgan fingerprint density at radius 3 is 1.93 bits per heavy atom. The molecule has 0 heterocycles. The second kappa shape index (κ2) is 7.90. The summed E-state index contributed by atoms with van der Waals surface area (Å²) in [5.41, 5.74) is -2.62. The number of Topliss-reactive ketones (excluding diaryl/α,β-unsaturated/α-hetero) is 1. The molecule has 1 aromatic carbocycles. The van der Waals surface area contributed by atoms with Crippen LogP contribution < -0.4 is 0 Å². The third-order valence-corrected chi connectivity index (χ3v) is 4.77. The summed E-state index contributed by atoms with van der Waals surface area (Å²) in [5, 5.41) is 11.1. The van der Waals surface area contributed by atoms with Crippen molar-refractivity contribution in [2.24, 2.45) is 11.8 Å². The maximum Gasteiger partial charge on any atom is 0.317 e. The number of carbonyl (C=O) groups is 3. The van der Waals surface area contributed by atoms with Crippen LogP contribution in [0.15, 0.2) is 30.3 Å². The largest absolute Gasteiger partial charge is 0.460 e. The lowest BCUT2D eigenvalue weighted by molar-refractivity contribution is -0.182. The van der Waals surface area contributed by atoms with Crippen molar-refractivity contribution >= 4 is 17.7 Å². The van der Waals surface area contributed by atoms with E-state index >= 15 is 0 Å². The van der Waals surface area contributed by atoms with Crippen molar-refractivity contribution in [2.45, 2.75) is 77.6 Å². The topological polar surface area (TPSA) is 89.9 Å². The molecule has 1 aliphatic carbocycles. The average Bonchev–Trinajstić information content (AvgIpc) is 2.50. The van der Waals surface area contributed by atoms with Crippen molar-refractivity contribution in [3.8, 4) is 0 Å². The van der Waals surface area contributed by atoms with E-state index in [2.05, 4.69) is 0 Å². The lowest BCUT2D eigenvalue weighted by Gasteiger charge is -2.44. The van der Waals surface area contributed by atoms with Gasteiger partial charge in [-0.05, 0) is 54.0 Å². The number of hydrogen-bond donors (Lipinski definition) is 1. The minimum absolute atomic E-state index is 0.329. The summed E-state index contributed by atoms with van der Waals surface area (Å²) in [6, 6.07) is 8.82. The van der Waals surface area contributed by atoms with Crippen LogP contribution in [0.5, 0.6) is 0 Å². The standard InChI is InChI=1S/C23H32O6/c1-21(2,3)28-19(25)17-15(24)13-23(7,27)18(20(26)29-22(4,5)6)16(17)14-11-9-8-10-12-14/h8-12,16-18,27H,13H2,1-7H3/t16-,17-,18-,23-/m0/s1. The highest BCUT2D eigenvalue weighted by molar-refractivity contribution is 6.03. The van der Waals surface area contributed by atoms with Gasteiger partial charge in [0.05, 0.1) is 11.5 Å². The molecule has 2 rings (SSSR count). The molecule has 0 unspecified atom stereocenters. The van der Waals surface area contributed by atoms with Crippen LogP contribution >= 0.6 is 0 Å². The number of ketones is 1. The molecule has 0 aliphatic heterocycles. The summed E-state index contributed by atoms with van der Waals surface area (Å²) in [7, 11) is 0. The first-order valence-corrected chi connectivity index (χ1v) is 9.88. The summed E-state index contributed by atoms with van der Waals surface area (Å²) in [6.07, 6.45) is -0.329. The van der Waals surface area contributed by atoms with Gasteiger partial charge in [-0.2, -0.15) is 0 Å². The normalized spacial score (nSPS) is 28.0. The van der Waals surface area contributed by atoms with Crippen LogP contribution in [0.1, 0.15) is 66.4 Å². The molecule has 1 fully saturated rings. The Balaban J connectivity index is 2.59. The zero-order valence-corrected chi connectivity index (χ0v) is 18.3. The molecule has 29 heavy (non-hydrogen) atoms. The maximum atomic E-state index is 13.1. The maximum absolute atomic E-state index is 13.1. The van der Waals surface area contributed by atoms with Crippen LogP contribution in [0.25, 0.3) is 0 Å². The molecule has 1 saturated carbocycles. The van der Waals surface area contributed by atoms with Crippen molar-refractivity contribution < 1.29 is 29.0 Å². The van der Waals surface area contributed by atoms with E-state index in [9.17, 15) is 19.5 Å². The van der Waals surface area contributed by atoms with E-state index in [0.717, 1.165) is 0 Å². The molecule has 1 aromatic rings. The van der Waals surface area contributed by atoms with Crippen molar-refractivity contribution in [2.75, 3.05) is 0 Å². The first-order chi connectivity index (χ1) is 13.1. The Labute approximate surface area is 172 Å². The lowest BCUT2D eigenvalue weighted by atomic mass is 9.61. The summed E-state index contributed by atoms with van der Waals surface area (Å²) >= 11 is 0. The molecule has 0 bridgehead atoms. The van der Waals surface area contributed by atoms with Gasteiger partial charge in [0, 0.05) is 12.3 Å². The van der Waals surface area contributed by atoms with Crippen molar-refractivity contribution in [3.05, 3.63) is 35.9 Å². The number of hydrogen-bond acceptors (Lipinski definition) is 6. The molecular formula is C23H32O6. The molecule has 0 amide bonds. The third kappa shape index (κ3) is 5.66. The van der Waals surface area contributed by atoms with Gasteiger partial charge in [-0.15, -0.1) is 0 Å². The first kappa shape index (κ1) is 23.1. The molecule has 4 atom stereocenters. The van der Waals surface area contributed by atoms with E-state index in [-0.39, 0.29) is 6.42 Å². The van der Waals surface area contributed by atoms with Crippen molar-refractivity contribution in [1.29, 1.82) is 0 Å². The number of aliphatic hydroxyl groups is 1. The predicted octanol–water partition coefficient (Wildman–Crippen LogP) is 3.41. The van der Waals surface area contributed by atoms with E-state index in [4.69, 9.17) is 9.47 Å². The molecule has 0 spiro atoms. The van der Waals surface area contributed by atoms with Crippen LogP contribution in [-0.2, 0) is 23.9 Å². The Morgan fingerprint density at radius 2 is 1.45 bits per heavy atom. The highest BCUT2D eigenvalue weighted by Gasteiger charge is 2.57. The number of esters is 2. The van der Waals surface area contributed by atoms with E-state index in [1.54, 1.807) is 71.9 Å². The second-order valence-corrected chi connectivity index (χ2v) is 9.96. The van der Waals surface area contributed by atoms with Gasteiger partial charge >= 0.3 is 11.9 Å². The molecule has 160 valence electrons. The number of carbonyl (C=O) groups excluding carboxylic acids is 3. The average molecular weight is 405 g/mol. The summed E-state index contributed by atoms with van der Waals surface area (Å²) in [4.78, 5) is 39.1. The number of benzene rings is 1. The molecule has 6 heteroatoms. The Hall–Kier alpha value is -2.21. The zero-order valence-electron chi connectivity index (χ0n) is 18.3. The fourth-order valence-corrected chi connectivity index (χ4v) is 3.82. The van der Waals surface area contributed by atoms with E-state index in [1.165, 1.54) is 6.92 Å². The molecule has 0 radical (unpaired) electrons. The molecule has 1 N–H and O–H groups in total. The van der Waals surface area contributed by atoms with Crippen molar-refractivity contribution in [1.82, 2.24) is 0 Å². The quantitative estimate of drug-likeness (QED) is 0.613. The summed E-state index contributed by atoms with van der Waals surface area (Å²) in [6.45, 7) is 11.8. The Bertz CT molecular complexity index is 767. The Morgan fingerprint density at radius 1 is 0.966 bits per heavy atom. The monoisotopic (exact) mass is 404 g/mol. The van der Waals surface area contributed by atoms with E-state index < -0.39 is 52.3 Å². The van der Waals surface area contributed by atoms with Gasteiger partial charge in [0.1, 0.15) is 17.1 Å². The molecule has 0 saturated heterocycles. The number of rotatable bonds is 3. The first-order valence-electron chi connectivity index (χ1n) is 9.88. The van der Waals surface area contributed by atoms with Crippen LogP contribution in [0, 0.1) is 11.8 Å². The molecule has 1 aliphatic rings. The van der Waals surface area contributed by atoms with Crippen LogP contribution in [0.3, 0.4) is 0 Å². The SMILES string of the molecule is CC(C)(C)OC(=O)[C@H]1C(=O)C[C@](C)(O)[C@H](C(=O)OC(C)(C)C)[C@H]1c1ccccc1. The molecule has 6 nitrogen and oxygen atoms in total. The fourth-order valence-electron chi connectivity index (χ4n) is 3.82. The number of ether oxygens (including phenoxy) is 2. The van der Waals surface area contributed by atoms with Gasteiger partial charge in [0.15, 0.2) is 5.78 Å². The van der Waals surface area contributed by atoms with Crippen molar-refractivity contribution in [3.63, 3.8) is 0 Å². The fraction of sp³-hybridized carbons (Fsp3) is 0.609. The predicted molar refractivity (Wildman–Crippen MR) is 108 cm³/mol.